The van der Waals surface area contributed by atoms with Crippen molar-refractivity contribution in [3.8, 4) is 0 Å². The predicted molar refractivity (Wildman–Crippen MR) is 73.2 cm³/mol. The Kier molecular flexibility index (Phi) is 6.67. The first-order chi connectivity index (χ1) is 8.27. The van der Waals surface area contributed by atoms with Crippen molar-refractivity contribution in [3.05, 3.63) is 29.8 Å². The summed E-state index contributed by atoms with van der Waals surface area (Å²) in [6.45, 7) is 9.08. The van der Waals surface area contributed by atoms with Crippen molar-refractivity contribution in [2.45, 2.75) is 20.3 Å². The molecule has 0 aromatic heterocycles. The molecular weight excluding hydrogens is 212 g/mol. The maximum absolute atomic E-state index is 5.86. The maximum Gasteiger partial charge on any atom is 0.0593 e. The van der Waals surface area contributed by atoms with Crippen LogP contribution in [0.25, 0.3) is 0 Å². The van der Waals surface area contributed by atoms with Gasteiger partial charge in [0.1, 0.15) is 0 Å². The van der Waals surface area contributed by atoms with Crippen LogP contribution < -0.4 is 5.73 Å². The van der Waals surface area contributed by atoms with Gasteiger partial charge in [-0.25, -0.2) is 0 Å². The molecule has 0 unspecified atom stereocenters. The number of likely N-dealkylation sites (N-methyl/N-ethyl adjacent to an activating group) is 1. The van der Waals surface area contributed by atoms with Gasteiger partial charge in [0.25, 0.3) is 0 Å². The molecule has 0 radical (unpaired) electrons. The minimum atomic E-state index is 0.746. The van der Waals surface area contributed by atoms with E-state index in [1.807, 2.05) is 18.2 Å². The number of benzene rings is 1. The number of nitrogens with zero attached hydrogens (tertiary/aromatic N) is 1. The average molecular weight is 236 g/mol. The molecule has 0 saturated carbocycles. The number of nitrogen functional groups attached to an aromatic ring is 1. The lowest BCUT2D eigenvalue weighted by molar-refractivity contribution is 0.109. The third-order valence-corrected chi connectivity index (χ3v) is 3.02. The van der Waals surface area contributed by atoms with Crippen LogP contribution in [0.2, 0.25) is 0 Å². The zero-order valence-corrected chi connectivity index (χ0v) is 11.0. The molecule has 0 aliphatic rings. The maximum atomic E-state index is 5.86. The van der Waals surface area contributed by atoms with Gasteiger partial charge in [-0.05, 0) is 31.1 Å². The Labute approximate surface area is 105 Å². The van der Waals surface area contributed by atoms with Crippen LogP contribution in [0.4, 0.5) is 5.69 Å². The van der Waals surface area contributed by atoms with Crippen molar-refractivity contribution in [2.75, 3.05) is 38.6 Å². The van der Waals surface area contributed by atoms with Gasteiger partial charge in [-0.3, -0.25) is 0 Å². The van der Waals surface area contributed by atoms with Crippen molar-refractivity contribution >= 4 is 5.69 Å². The first kappa shape index (κ1) is 14.0. The van der Waals surface area contributed by atoms with E-state index in [1.54, 1.807) is 0 Å². The number of rotatable bonds is 8. The summed E-state index contributed by atoms with van der Waals surface area (Å²) >= 11 is 0. The molecule has 0 aliphatic heterocycles. The quantitative estimate of drug-likeness (QED) is 0.555. The summed E-state index contributed by atoms with van der Waals surface area (Å²) in [7, 11) is 0. The Balaban J connectivity index is 2.14. The summed E-state index contributed by atoms with van der Waals surface area (Å²) in [6, 6.07) is 7.97. The van der Waals surface area contributed by atoms with Gasteiger partial charge in [0.2, 0.25) is 0 Å². The molecule has 0 spiro atoms. The fourth-order valence-electron chi connectivity index (χ4n) is 1.78. The lowest BCUT2D eigenvalue weighted by Gasteiger charge is -2.17. The predicted octanol–water partition coefficient (Wildman–Crippen LogP) is 2.17. The summed E-state index contributed by atoms with van der Waals surface area (Å²) < 4.78 is 5.63. The van der Waals surface area contributed by atoms with Crippen LogP contribution in [-0.2, 0) is 11.2 Å². The highest BCUT2D eigenvalue weighted by atomic mass is 16.5. The highest BCUT2D eigenvalue weighted by Crippen LogP contribution is 2.10. The lowest BCUT2D eigenvalue weighted by atomic mass is 10.1. The summed E-state index contributed by atoms with van der Waals surface area (Å²) in [5.74, 6) is 0. The Bertz CT molecular complexity index is 311. The SMILES string of the molecule is CCN(CC)CCOCCc1ccccc1N. The van der Waals surface area contributed by atoms with Gasteiger partial charge in [-0.15, -0.1) is 0 Å². The third kappa shape index (κ3) is 5.20. The van der Waals surface area contributed by atoms with Gasteiger partial charge >= 0.3 is 0 Å². The van der Waals surface area contributed by atoms with E-state index >= 15 is 0 Å². The molecule has 0 amide bonds. The Morgan fingerprint density at radius 2 is 1.82 bits per heavy atom. The van der Waals surface area contributed by atoms with E-state index in [-0.39, 0.29) is 0 Å². The molecule has 3 heteroatoms. The van der Waals surface area contributed by atoms with E-state index in [2.05, 4.69) is 24.8 Å². The second-order valence-corrected chi connectivity index (χ2v) is 4.09. The second-order valence-electron chi connectivity index (χ2n) is 4.09. The van der Waals surface area contributed by atoms with Crippen molar-refractivity contribution in [2.24, 2.45) is 0 Å². The monoisotopic (exact) mass is 236 g/mol. The van der Waals surface area contributed by atoms with E-state index in [1.165, 1.54) is 5.56 Å². The molecule has 0 bridgehead atoms. The van der Waals surface area contributed by atoms with E-state index in [0.717, 1.165) is 45.0 Å². The molecule has 0 heterocycles. The van der Waals surface area contributed by atoms with Crippen LogP contribution in [0.15, 0.2) is 24.3 Å². The van der Waals surface area contributed by atoms with Crippen molar-refractivity contribution in [1.82, 2.24) is 4.90 Å². The Morgan fingerprint density at radius 3 is 2.47 bits per heavy atom. The molecule has 0 saturated heterocycles. The minimum absolute atomic E-state index is 0.746. The first-order valence-electron chi connectivity index (χ1n) is 6.41. The second kappa shape index (κ2) is 8.09. The van der Waals surface area contributed by atoms with Crippen LogP contribution in [0.1, 0.15) is 19.4 Å². The van der Waals surface area contributed by atoms with E-state index in [9.17, 15) is 0 Å². The van der Waals surface area contributed by atoms with Gasteiger partial charge < -0.3 is 15.4 Å². The van der Waals surface area contributed by atoms with Crippen LogP contribution in [-0.4, -0.2) is 37.7 Å². The Hall–Kier alpha value is -1.06. The summed E-state index contributed by atoms with van der Waals surface area (Å²) in [4.78, 5) is 2.36. The number of hydrogen-bond donors (Lipinski definition) is 1. The van der Waals surface area contributed by atoms with E-state index in [4.69, 9.17) is 10.5 Å². The van der Waals surface area contributed by atoms with Gasteiger partial charge in [0.05, 0.1) is 13.2 Å². The number of ether oxygens (including phenoxy) is 1. The van der Waals surface area contributed by atoms with E-state index in [0.29, 0.717) is 0 Å². The molecule has 3 nitrogen and oxygen atoms in total. The van der Waals surface area contributed by atoms with E-state index < -0.39 is 0 Å². The molecule has 96 valence electrons. The van der Waals surface area contributed by atoms with Crippen molar-refractivity contribution < 1.29 is 4.74 Å². The zero-order valence-electron chi connectivity index (χ0n) is 11.0. The van der Waals surface area contributed by atoms with Crippen LogP contribution >= 0.6 is 0 Å². The average Bonchev–Trinajstić information content (AvgIpc) is 2.36. The largest absolute Gasteiger partial charge is 0.399 e. The number of anilines is 1. The standard InChI is InChI=1S/C14H24N2O/c1-3-16(4-2)10-12-17-11-9-13-7-5-6-8-14(13)15/h5-8H,3-4,9-12,15H2,1-2H3. The number of para-hydroxylation sites is 1. The summed E-state index contributed by atoms with van der Waals surface area (Å²) in [6.07, 6.45) is 0.894. The molecule has 0 fully saturated rings. The fourth-order valence-corrected chi connectivity index (χ4v) is 1.78. The smallest absolute Gasteiger partial charge is 0.0593 e. The normalized spacial score (nSPS) is 11.0. The highest BCUT2D eigenvalue weighted by molar-refractivity contribution is 5.46. The summed E-state index contributed by atoms with van der Waals surface area (Å²) in [5, 5.41) is 0. The topological polar surface area (TPSA) is 38.5 Å². The molecule has 1 aromatic rings. The fraction of sp³-hybridized carbons (Fsp3) is 0.571. The zero-order chi connectivity index (χ0) is 12.5. The van der Waals surface area contributed by atoms with Crippen LogP contribution in [0, 0.1) is 0 Å². The van der Waals surface area contributed by atoms with Gasteiger partial charge in [-0.2, -0.15) is 0 Å². The number of hydrogen-bond acceptors (Lipinski definition) is 3. The minimum Gasteiger partial charge on any atom is -0.399 e. The van der Waals surface area contributed by atoms with Gasteiger partial charge in [0.15, 0.2) is 0 Å². The first-order valence-corrected chi connectivity index (χ1v) is 6.41. The van der Waals surface area contributed by atoms with Crippen molar-refractivity contribution in [3.63, 3.8) is 0 Å². The molecule has 2 N–H and O–H groups in total. The summed E-state index contributed by atoms with van der Waals surface area (Å²) in [5.41, 5.74) is 7.90. The Morgan fingerprint density at radius 1 is 1.12 bits per heavy atom. The molecule has 17 heavy (non-hydrogen) atoms. The van der Waals surface area contributed by atoms with Gasteiger partial charge in [0, 0.05) is 12.2 Å². The molecule has 1 rings (SSSR count). The van der Waals surface area contributed by atoms with Gasteiger partial charge in [-0.1, -0.05) is 32.0 Å². The van der Waals surface area contributed by atoms with Crippen LogP contribution in [0.3, 0.4) is 0 Å². The molecule has 1 aromatic carbocycles. The van der Waals surface area contributed by atoms with Crippen molar-refractivity contribution in [1.29, 1.82) is 0 Å². The lowest BCUT2D eigenvalue weighted by Crippen LogP contribution is -2.27. The highest BCUT2D eigenvalue weighted by Gasteiger charge is 2.00. The molecular formula is C14H24N2O. The van der Waals surface area contributed by atoms with Crippen LogP contribution in [0.5, 0.6) is 0 Å². The number of nitrogens with two attached hydrogens (primary N) is 1. The molecule has 0 aliphatic carbocycles. The third-order valence-electron chi connectivity index (χ3n) is 3.02. The molecule has 0 atom stereocenters.